The van der Waals surface area contributed by atoms with Gasteiger partial charge in [0.05, 0.1) is 30.2 Å². The van der Waals surface area contributed by atoms with Gasteiger partial charge in [0.1, 0.15) is 0 Å². The zero-order chi connectivity index (χ0) is 26.4. The molecule has 0 aromatic heterocycles. The van der Waals surface area contributed by atoms with Crippen molar-refractivity contribution in [3.63, 3.8) is 0 Å². The van der Waals surface area contributed by atoms with Gasteiger partial charge in [-0.3, -0.25) is 14.2 Å². The van der Waals surface area contributed by atoms with Crippen molar-refractivity contribution in [2.45, 2.75) is 0 Å². The SMILES string of the molecule is COCCN(CCOP(=O)([O-])OC)c1ccc(N=Nc2cccc3c2C(=O)c2ccccc2C3=O)cc1. The number of rotatable bonds is 11. The molecule has 0 heterocycles. The normalized spacial score (nSPS) is 14.4. The van der Waals surface area contributed by atoms with Crippen molar-refractivity contribution in [1.82, 2.24) is 0 Å². The lowest BCUT2D eigenvalue weighted by molar-refractivity contribution is -0.222. The summed E-state index contributed by atoms with van der Waals surface area (Å²) in [5, 5.41) is 8.54. The van der Waals surface area contributed by atoms with Crippen LogP contribution >= 0.6 is 7.82 Å². The number of carbonyl (C=O) groups is 2. The summed E-state index contributed by atoms with van der Waals surface area (Å²) in [4.78, 5) is 39.4. The summed E-state index contributed by atoms with van der Waals surface area (Å²) in [5.41, 5.74) is 2.93. The summed E-state index contributed by atoms with van der Waals surface area (Å²) >= 11 is 0. The van der Waals surface area contributed by atoms with Crippen molar-refractivity contribution < 1.29 is 32.8 Å². The molecule has 3 aromatic rings. The van der Waals surface area contributed by atoms with E-state index in [1.54, 1.807) is 61.7 Å². The maximum absolute atomic E-state index is 13.1. The van der Waals surface area contributed by atoms with Gasteiger partial charge < -0.3 is 23.6 Å². The largest absolute Gasteiger partial charge is 0.756 e. The van der Waals surface area contributed by atoms with Crippen LogP contribution in [0.25, 0.3) is 0 Å². The summed E-state index contributed by atoms with van der Waals surface area (Å²) in [5.74, 6) is -0.479. The van der Waals surface area contributed by atoms with Gasteiger partial charge in [0.25, 0.3) is 7.82 Å². The van der Waals surface area contributed by atoms with Gasteiger partial charge in [0, 0.05) is 49.7 Å². The molecule has 1 aliphatic rings. The summed E-state index contributed by atoms with van der Waals surface area (Å²) < 4.78 is 25.7. The van der Waals surface area contributed by atoms with E-state index in [4.69, 9.17) is 9.26 Å². The van der Waals surface area contributed by atoms with Crippen molar-refractivity contribution in [2.75, 3.05) is 45.4 Å². The highest BCUT2D eigenvalue weighted by Crippen LogP contribution is 2.37. The Labute approximate surface area is 214 Å². The van der Waals surface area contributed by atoms with Crippen LogP contribution in [0, 0.1) is 0 Å². The Morgan fingerprint density at radius 3 is 2.14 bits per heavy atom. The number of hydrogen-bond donors (Lipinski definition) is 0. The number of methoxy groups -OCH3 is 1. The molecule has 0 spiro atoms. The minimum Gasteiger partial charge on any atom is -0.756 e. The van der Waals surface area contributed by atoms with Crippen molar-refractivity contribution in [1.29, 1.82) is 0 Å². The van der Waals surface area contributed by atoms with Gasteiger partial charge >= 0.3 is 0 Å². The van der Waals surface area contributed by atoms with Gasteiger partial charge in [-0.15, -0.1) is 5.11 Å². The topological polar surface area (TPSA) is 130 Å². The van der Waals surface area contributed by atoms with Gasteiger partial charge in [-0.25, -0.2) is 0 Å². The quantitative estimate of drug-likeness (QED) is 0.208. The smallest absolute Gasteiger partial charge is 0.267 e. The van der Waals surface area contributed by atoms with Crippen molar-refractivity contribution in [3.8, 4) is 0 Å². The first kappa shape index (κ1) is 26.5. The van der Waals surface area contributed by atoms with Crippen LogP contribution < -0.4 is 9.79 Å². The number of benzene rings is 3. The predicted octanol–water partition coefficient (Wildman–Crippen LogP) is 4.46. The lowest BCUT2D eigenvalue weighted by Crippen LogP contribution is -2.31. The third-order valence-corrected chi connectivity index (χ3v) is 6.76. The molecule has 1 unspecified atom stereocenters. The van der Waals surface area contributed by atoms with Crippen LogP contribution in [0.3, 0.4) is 0 Å². The van der Waals surface area contributed by atoms with E-state index >= 15 is 0 Å². The molecule has 0 saturated carbocycles. The second-order valence-corrected chi connectivity index (χ2v) is 9.58. The Morgan fingerprint density at radius 1 is 0.811 bits per heavy atom. The molecule has 4 rings (SSSR count). The number of nitrogens with zero attached hydrogens (tertiary/aromatic N) is 3. The van der Waals surface area contributed by atoms with E-state index in [0.29, 0.717) is 41.2 Å². The summed E-state index contributed by atoms with van der Waals surface area (Å²) in [7, 11) is -1.69. The maximum Gasteiger partial charge on any atom is 0.267 e. The Balaban J connectivity index is 1.52. The summed E-state index contributed by atoms with van der Waals surface area (Å²) in [6.07, 6.45) is 0. The molecule has 1 aliphatic carbocycles. The van der Waals surface area contributed by atoms with Crippen molar-refractivity contribution in [3.05, 3.63) is 89.0 Å². The first-order valence-corrected chi connectivity index (χ1v) is 12.9. The molecule has 10 nitrogen and oxygen atoms in total. The van der Waals surface area contributed by atoms with Crippen LogP contribution in [-0.4, -0.2) is 52.1 Å². The molecule has 0 aliphatic heterocycles. The number of phosphoric acid groups is 1. The van der Waals surface area contributed by atoms with Gasteiger partial charge in [-0.05, 0) is 30.3 Å². The molecule has 1 atom stereocenters. The molecule has 192 valence electrons. The Hall–Kier alpha value is -3.53. The van der Waals surface area contributed by atoms with Gasteiger partial charge in [-0.1, -0.05) is 36.4 Å². The van der Waals surface area contributed by atoms with Gasteiger partial charge in [-0.2, -0.15) is 5.11 Å². The molecular weight excluding hydrogens is 497 g/mol. The minimum absolute atomic E-state index is 0.0885. The predicted molar refractivity (Wildman–Crippen MR) is 135 cm³/mol. The molecule has 0 fully saturated rings. The average Bonchev–Trinajstić information content (AvgIpc) is 2.92. The Kier molecular flexibility index (Phi) is 8.38. The number of phosphoric ester groups is 1. The fourth-order valence-corrected chi connectivity index (χ4v) is 4.35. The third-order valence-electron chi connectivity index (χ3n) is 5.82. The highest BCUT2D eigenvalue weighted by molar-refractivity contribution is 7.45. The third kappa shape index (κ3) is 6.07. The molecule has 0 saturated heterocycles. The lowest BCUT2D eigenvalue weighted by Gasteiger charge is -2.27. The second-order valence-electron chi connectivity index (χ2n) is 8.06. The zero-order valence-electron chi connectivity index (χ0n) is 20.3. The monoisotopic (exact) mass is 522 g/mol. The summed E-state index contributed by atoms with van der Waals surface area (Å²) in [6, 6.07) is 18.8. The maximum atomic E-state index is 13.1. The molecule has 0 radical (unpaired) electrons. The van der Waals surface area contributed by atoms with E-state index in [1.807, 2.05) is 17.0 Å². The Morgan fingerprint density at radius 2 is 1.46 bits per heavy atom. The first-order valence-electron chi connectivity index (χ1n) is 11.4. The fraction of sp³-hybridized carbons (Fsp3) is 0.231. The van der Waals surface area contributed by atoms with Crippen LogP contribution in [0.5, 0.6) is 0 Å². The van der Waals surface area contributed by atoms with Crippen LogP contribution in [0.2, 0.25) is 0 Å². The standard InChI is InChI=1S/C26H26N3O7P/c1-34-16-14-29(15-17-36-37(32,33)35-2)19-12-10-18(11-13-19)27-28-23-9-5-8-22-24(23)26(31)21-7-4-3-6-20(21)25(22)30/h3-13H,14-17H2,1-2H3,(H,32,33)/p-1. The van der Waals surface area contributed by atoms with E-state index in [0.717, 1.165) is 12.8 Å². The Bertz CT molecular complexity index is 1370. The van der Waals surface area contributed by atoms with Crippen molar-refractivity contribution in [2.24, 2.45) is 10.2 Å². The zero-order valence-corrected chi connectivity index (χ0v) is 21.2. The second kappa shape index (κ2) is 11.7. The average molecular weight is 522 g/mol. The van der Waals surface area contributed by atoms with Crippen molar-refractivity contribution >= 4 is 36.5 Å². The molecule has 0 bridgehead atoms. The number of anilines is 1. The van der Waals surface area contributed by atoms with E-state index < -0.39 is 7.82 Å². The van der Waals surface area contributed by atoms with E-state index in [9.17, 15) is 19.0 Å². The molecule has 0 amide bonds. The molecule has 11 heteroatoms. The van der Waals surface area contributed by atoms with Gasteiger partial charge in [0.15, 0.2) is 11.6 Å². The van der Waals surface area contributed by atoms with Crippen LogP contribution in [0.4, 0.5) is 17.1 Å². The number of azo groups is 1. The number of fused-ring (bicyclic) bond motifs is 2. The highest BCUT2D eigenvalue weighted by Gasteiger charge is 2.31. The summed E-state index contributed by atoms with van der Waals surface area (Å²) in [6.45, 7) is 1.13. The molecule has 3 aromatic carbocycles. The molecule has 0 N–H and O–H groups in total. The first-order chi connectivity index (χ1) is 17.8. The highest BCUT2D eigenvalue weighted by atomic mass is 31.2. The van der Waals surface area contributed by atoms with E-state index in [2.05, 4.69) is 14.8 Å². The number of hydrogen-bond acceptors (Lipinski definition) is 10. The minimum atomic E-state index is -4.31. The van der Waals surface area contributed by atoms with E-state index in [-0.39, 0.29) is 30.3 Å². The van der Waals surface area contributed by atoms with Crippen LogP contribution in [0.1, 0.15) is 31.8 Å². The van der Waals surface area contributed by atoms with Crippen LogP contribution in [0.15, 0.2) is 77.0 Å². The molecular formula is C26H25N3O7P-. The number of carbonyl (C=O) groups excluding carboxylic acids is 2. The fourth-order valence-electron chi connectivity index (χ4n) is 3.94. The number of ketones is 2. The van der Waals surface area contributed by atoms with Gasteiger partial charge in [0.2, 0.25) is 0 Å². The molecule has 37 heavy (non-hydrogen) atoms. The number of ether oxygens (including phenoxy) is 1. The van der Waals surface area contributed by atoms with Crippen LogP contribution in [-0.2, 0) is 18.3 Å². The van der Waals surface area contributed by atoms with E-state index in [1.165, 1.54) is 0 Å². The lowest BCUT2D eigenvalue weighted by atomic mass is 9.83.